The van der Waals surface area contributed by atoms with Crippen molar-refractivity contribution in [1.82, 2.24) is 5.23 Å². The second-order valence-electron chi connectivity index (χ2n) is 7.33. The van der Waals surface area contributed by atoms with E-state index in [1.165, 1.54) is 5.56 Å². The molecule has 0 unspecified atom stereocenters. The molecule has 0 aliphatic carbocycles. The van der Waals surface area contributed by atoms with Gasteiger partial charge in [0, 0.05) is 5.92 Å². The molecule has 0 saturated carbocycles. The summed E-state index contributed by atoms with van der Waals surface area (Å²) in [5.74, 6) is 1.03. The number of hydroxylamine groups is 2. The molecule has 0 bridgehead atoms. The summed E-state index contributed by atoms with van der Waals surface area (Å²) in [5.41, 5.74) is 1.75. The predicted octanol–water partition coefficient (Wildman–Crippen LogP) is 4.47. The number of hydrogen-bond acceptors (Lipinski definition) is 4. The van der Waals surface area contributed by atoms with Gasteiger partial charge in [0.1, 0.15) is 5.75 Å². The lowest BCUT2D eigenvalue weighted by atomic mass is 9.85. The van der Waals surface area contributed by atoms with Crippen LogP contribution in [0.5, 0.6) is 5.75 Å². The van der Waals surface area contributed by atoms with Crippen LogP contribution in [0.2, 0.25) is 19.6 Å². The maximum Gasteiger partial charge on any atom is 0.223 e. The van der Waals surface area contributed by atoms with Crippen molar-refractivity contribution in [2.45, 2.75) is 51.4 Å². The van der Waals surface area contributed by atoms with Gasteiger partial charge in [0.25, 0.3) is 0 Å². The van der Waals surface area contributed by atoms with Crippen molar-refractivity contribution in [2.24, 2.45) is 0 Å². The molecule has 22 heavy (non-hydrogen) atoms. The summed E-state index contributed by atoms with van der Waals surface area (Å²) in [6.45, 7) is 14.8. The lowest BCUT2D eigenvalue weighted by Crippen LogP contribution is -2.47. The standard InChI is InChI=1S/C17H27NO3Si/c1-13-16(14-8-10-15(19-4)11-9-14)12-17(2,3)20-18(13)21-22(5,6)7/h8-11,16H,1,12H2,2-7H3/t16-/m1/s1. The average molecular weight is 321 g/mol. The third-order valence-corrected chi connectivity index (χ3v) is 4.25. The third-order valence-electron chi connectivity index (χ3n) is 3.54. The van der Waals surface area contributed by atoms with Crippen LogP contribution in [0.25, 0.3) is 0 Å². The first-order valence-corrected chi connectivity index (χ1v) is 11.0. The van der Waals surface area contributed by atoms with Crippen LogP contribution in [0.3, 0.4) is 0 Å². The van der Waals surface area contributed by atoms with Crippen molar-refractivity contribution < 1.29 is 14.1 Å². The molecule has 0 radical (unpaired) electrons. The van der Waals surface area contributed by atoms with Gasteiger partial charge in [0.2, 0.25) is 8.32 Å². The summed E-state index contributed by atoms with van der Waals surface area (Å²) < 4.78 is 11.3. The number of allylic oxidation sites excluding steroid dienone is 1. The Morgan fingerprint density at radius 1 is 1.23 bits per heavy atom. The van der Waals surface area contributed by atoms with Crippen molar-refractivity contribution in [2.75, 3.05) is 7.11 Å². The Bertz CT molecular complexity index is 532. The molecule has 1 saturated heterocycles. The van der Waals surface area contributed by atoms with Crippen LogP contribution in [-0.4, -0.2) is 26.3 Å². The van der Waals surface area contributed by atoms with E-state index in [0.29, 0.717) is 0 Å². The molecule has 2 rings (SSSR count). The average Bonchev–Trinajstić information content (AvgIpc) is 2.41. The Kier molecular flexibility index (Phi) is 4.70. The molecule has 1 fully saturated rings. The van der Waals surface area contributed by atoms with Crippen LogP contribution < -0.4 is 4.74 Å². The number of rotatable bonds is 4. The van der Waals surface area contributed by atoms with E-state index in [4.69, 9.17) is 14.1 Å². The minimum Gasteiger partial charge on any atom is -0.497 e. The molecular weight excluding hydrogens is 294 g/mol. The highest BCUT2D eigenvalue weighted by molar-refractivity contribution is 6.69. The largest absolute Gasteiger partial charge is 0.497 e. The Morgan fingerprint density at radius 3 is 2.32 bits per heavy atom. The summed E-state index contributed by atoms with van der Waals surface area (Å²) in [6, 6.07) is 8.13. The van der Waals surface area contributed by atoms with Crippen LogP contribution in [0, 0.1) is 0 Å². The summed E-state index contributed by atoms with van der Waals surface area (Å²) in [7, 11) is -0.0985. The van der Waals surface area contributed by atoms with Crippen LogP contribution in [0.4, 0.5) is 0 Å². The van der Waals surface area contributed by atoms with Crippen molar-refractivity contribution >= 4 is 8.32 Å². The second kappa shape index (κ2) is 6.06. The molecular formula is C17H27NO3Si. The Hall–Kier alpha value is -1.30. The van der Waals surface area contributed by atoms with Gasteiger partial charge in [-0.25, -0.2) is 4.84 Å². The lowest BCUT2D eigenvalue weighted by Gasteiger charge is -2.45. The lowest BCUT2D eigenvalue weighted by molar-refractivity contribution is -0.363. The van der Waals surface area contributed by atoms with Crippen molar-refractivity contribution in [3.8, 4) is 5.75 Å². The first-order chi connectivity index (χ1) is 10.1. The first-order valence-electron chi connectivity index (χ1n) is 7.62. The molecule has 4 nitrogen and oxygen atoms in total. The van der Waals surface area contributed by atoms with Gasteiger partial charge in [-0.15, -0.1) is 5.23 Å². The maximum atomic E-state index is 6.05. The maximum absolute atomic E-state index is 6.05. The van der Waals surface area contributed by atoms with Gasteiger partial charge in [-0.2, -0.15) is 0 Å². The van der Waals surface area contributed by atoms with E-state index in [2.05, 4.69) is 52.2 Å². The molecule has 1 aliphatic rings. The molecule has 1 atom stereocenters. The zero-order valence-corrected chi connectivity index (χ0v) is 15.5. The molecule has 0 N–H and O–H groups in total. The van der Waals surface area contributed by atoms with E-state index < -0.39 is 8.32 Å². The zero-order chi connectivity index (χ0) is 16.5. The van der Waals surface area contributed by atoms with E-state index in [1.807, 2.05) is 12.1 Å². The van der Waals surface area contributed by atoms with E-state index >= 15 is 0 Å². The molecule has 1 heterocycles. The summed E-state index contributed by atoms with van der Waals surface area (Å²) in [4.78, 5) is 5.98. The van der Waals surface area contributed by atoms with Gasteiger partial charge in [0.05, 0.1) is 18.4 Å². The monoisotopic (exact) mass is 321 g/mol. The zero-order valence-electron chi connectivity index (χ0n) is 14.5. The third kappa shape index (κ3) is 4.12. The van der Waals surface area contributed by atoms with Gasteiger partial charge < -0.3 is 4.74 Å². The van der Waals surface area contributed by atoms with Gasteiger partial charge in [0.15, 0.2) is 0 Å². The molecule has 1 aliphatic heterocycles. The molecule has 5 heteroatoms. The predicted molar refractivity (Wildman–Crippen MR) is 90.9 cm³/mol. The minimum absolute atomic E-state index is 0.172. The molecule has 1 aromatic rings. The van der Waals surface area contributed by atoms with Crippen LogP contribution in [0.15, 0.2) is 36.5 Å². The molecule has 0 amide bonds. The summed E-state index contributed by atoms with van der Waals surface area (Å²) in [5, 5.41) is 1.56. The SMILES string of the molecule is C=C1[C@H](c2ccc(OC)cc2)CC(C)(C)ON1O[Si](C)(C)C. The van der Waals surface area contributed by atoms with Gasteiger partial charge >= 0.3 is 0 Å². The molecule has 0 aromatic heterocycles. The fraction of sp³-hybridized carbons (Fsp3) is 0.529. The van der Waals surface area contributed by atoms with Gasteiger partial charge in [-0.3, -0.25) is 4.53 Å². The fourth-order valence-electron chi connectivity index (χ4n) is 2.53. The topological polar surface area (TPSA) is 30.9 Å². The second-order valence-corrected chi connectivity index (χ2v) is 11.7. The Labute approximate surface area is 134 Å². The van der Waals surface area contributed by atoms with E-state index in [0.717, 1.165) is 17.9 Å². The summed E-state index contributed by atoms with van der Waals surface area (Å²) in [6.07, 6.45) is 0.865. The Morgan fingerprint density at radius 2 is 1.82 bits per heavy atom. The van der Waals surface area contributed by atoms with E-state index in [9.17, 15) is 0 Å². The molecule has 1 aromatic carbocycles. The van der Waals surface area contributed by atoms with Crippen molar-refractivity contribution in [3.05, 3.63) is 42.1 Å². The van der Waals surface area contributed by atoms with Gasteiger partial charge in [-0.1, -0.05) is 18.7 Å². The van der Waals surface area contributed by atoms with Gasteiger partial charge in [-0.05, 0) is 57.6 Å². The number of nitrogens with zero attached hydrogens (tertiary/aromatic N) is 1. The highest BCUT2D eigenvalue weighted by Crippen LogP contribution is 2.41. The summed E-state index contributed by atoms with van der Waals surface area (Å²) >= 11 is 0. The van der Waals surface area contributed by atoms with Crippen LogP contribution in [-0.2, 0) is 9.36 Å². The highest BCUT2D eigenvalue weighted by atomic mass is 28.4. The highest BCUT2D eigenvalue weighted by Gasteiger charge is 2.39. The number of benzene rings is 1. The van der Waals surface area contributed by atoms with Crippen LogP contribution in [0.1, 0.15) is 31.7 Å². The van der Waals surface area contributed by atoms with E-state index in [-0.39, 0.29) is 11.5 Å². The fourth-order valence-corrected chi connectivity index (χ4v) is 3.18. The van der Waals surface area contributed by atoms with Crippen molar-refractivity contribution in [1.29, 1.82) is 0 Å². The molecule has 0 spiro atoms. The normalized spacial score (nSPS) is 21.8. The van der Waals surface area contributed by atoms with Crippen LogP contribution >= 0.6 is 0 Å². The number of ether oxygens (including phenoxy) is 1. The number of hydrogen-bond donors (Lipinski definition) is 0. The smallest absolute Gasteiger partial charge is 0.223 e. The number of methoxy groups -OCH3 is 1. The first kappa shape index (κ1) is 17.1. The quantitative estimate of drug-likeness (QED) is 0.765. The van der Waals surface area contributed by atoms with E-state index in [1.54, 1.807) is 12.3 Å². The van der Waals surface area contributed by atoms with Crippen molar-refractivity contribution in [3.63, 3.8) is 0 Å². The molecule has 122 valence electrons. The Balaban J connectivity index is 2.26. The minimum atomic E-state index is -1.77.